The first-order valence-electron chi connectivity index (χ1n) is 5.19. The van der Waals surface area contributed by atoms with E-state index < -0.39 is 0 Å². The van der Waals surface area contributed by atoms with E-state index in [1.165, 1.54) is 0 Å². The largest absolute Gasteiger partial charge is 0.461 e. The van der Waals surface area contributed by atoms with E-state index in [0.29, 0.717) is 12.3 Å². The van der Waals surface area contributed by atoms with Gasteiger partial charge < -0.3 is 15.0 Å². The first-order chi connectivity index (χ1) is 7.20. The van der Waals surface area contributed by atoms with Crippen LogP contribution in [0.1, 0.15) is 29.7 Å². The Morgan fingerprint density at radius 1 is 1.65 bits per heavy atom. The van der Waals surface area contributed by atoms with E-state index >= 15 is 0 Å². The Labute approximate surface area is 113 Å². The molecule has 1 aliphatic rings. The quantitative estimate of drug-likeness (QED) is 0.827. The second kappa shape index (κ2) is 6.83. The maximum absolute atomic E-state index is 11.4. The molecule has 1 aromatic heterocycles. The van der Waals surface area contributed by atoms with Crippen LogP contribution in [-0.4, -0.2) is 28.2 Å². The molecule has 2 heterocycles. The number of nitrogens with two attached hydrogens (primary N) is 1. The summed E-state index contributed by atoms with van der Waals surface area (Å²) < 4.78 is 6.83. The molecular weight excluding hydrogens is 265 g/mol. The van der Waals surface area contributed by atoms with Crippen LogP contribution >= 0.6 is 24.8 Å². The first kappa shape index (κ1) is 16.2. The Bertz CT molecular complexity index is 382. The molecule has 0 aliphatic carbocycles. The van der Waals surface area contributed by atoms with Crippen molar-refractivity contribution in [3.05, 3.63) is 17.7 Å². The van der Waals surface area contributed by atoms with Crippen molar-refractivity contribution in [2.45, 2.75) is 32.4 Å². The Hall–Kier alpha value is -0.780. The van der Waals surface area contributed by atoms with Crippen LogP contribution in [-0.2, 0) is 17.7 Å². The van der Waals surface area contributed by atoms with Crippen molar-refractivity contribution in [1.29, 1.82) is 0 Å². The normalized spacial score (nSPS) is 17.4. The van der Waals surface area contributed by atoms with Crippen molar-refractivity contribution in [3.8, 4) is 0 Å². The highest BCUT2D eigenvalue weighted by atomic mass is 35.5. The summed E-state index contributed by atoms with van der Waals surface area (Å²) in [7, 11) is 0. The minimum atomic E-state index is -0.354. The van der Waals surface area contributed by atoms with E-state index in [2.05, 4.69) is 4.98 Å². The predicted octanol–water partition coefficient (Wildman–Crippen LogP) is 1.18. The van der Waals surface area contributed by atoms with Gasteiger partial charge in [0.15, 0.2) is 5.69 Å². The molecule has 2 rings (SSSR count). The number of nitrogens with zero attached hydrogens (tertiary/aromatic N) is 2. The summed E-state index contributed by atoms with van der Waals surface area (Å²) in [6, 6.07) is 0.168. The molecule has 7 heteroatoms. The summed E-state index contributed by atoms with van der Waals surface area (Å²) in [4.78, 5) is 15.7. The summed E-state index contributed by atoms with van der Waals surface area (Å²) in [6.07, 6.45) is 3.49. The maximum Gasteiger partial charge on any atom is 0.358 e. The van der Waals surface area contributed by atoms with Crippen LogP contribution in [0.15, 0.2) is 6.20 Å². The fraction of sp³-hybridized carbons (Fsp3) is 0.600. The average Bonchev–Trinajstić information content (AvgIpc) is 2.60. The SMILES string of the molecule is CCOC(=O)c1cn2c(n1)CCC(N)C2.Cl.Cl. The maximum atomic E-state index is 11.4. The number of ether oxygens (including phenoxy) is 1. The van der Waals surface area contributed by atoms with Crippen molar-refractivity contribution >= 4 is 30.8 Å². The second-order valence-corrected chi connectivity index (χ2v) is 3.71. The van der Waals surface area contributed by atoms with Gasteiger partial charge in [0.1, 0.15) is 5.82 Å². The summed E-state index contributed by atoms with van der Waals surface area (Å²) in [5.41, 5.74) is 6.22. The number of aromatic nitrogens is 2. The fourth-order valence-corrected chi connectivity index (χ4v) is 1.77. The van der Waals surface area contributed by atoms with Gasteiger partial charge in [0.05, 0.1) is 6.61 Å². The molecule has 0 radical (unpaired) electrons. The molecule has 17 heavy (non-hydrogen) atoms. The van der Waals surface area contributed by atoms with Crippen LogP contribution in [0.25, 0.3) is 0 Å². The summed E-state index contributed by atoms with van der Waals surface area (Å²) in [5.74, 6) is 0.577. The van der Waals surface area contributed by atoms with E-state index in [-0.39, 0.29) is 36.8 Å². The fourth-order valence-electron chi connectivity index (χ4n) is 1.77. The number of hydrogen-bond acceptors (Lipinski definition) is 4. The molecular formula is C10H17Cl2N3O2. The van der Waals surface area contributed by atoms with Gasteiger partial charge in [-0.3, -0.25) is 0 Å². The van der Waals surface area contributed by atoms with Gasteiger partial charge in [-0.1, -0.05) is 0 Å². The Balaban J connectivity index is 0.00000128. The lowest BCUT2D eigenvalue weighted by atomic mass is 10.1. The molecule has 1 atom stereocenters. The van der Waals surface area contributed by atoms with Gasteiger partial charge >= 0.3 is 5.97 Å². The Morgan fingerprint density at radius 3 is 3.00 bits per heavy atom. The van der Waals surface area contributed by atoms with Crippen LogP contribution < -0.4 is 5.73 Å². The van der Waals surface area contributed by atoms with Gasteiger partial charge in [-0.25, -0.2) is 9.78 Å². The van der Waals surface area contributed by atoms with E-state index in [9.17, 15) is 4.79 Å². The molecule has 0 saturated heterocycles. The third-order valence-corrected chi connectivity index (χ3v) is 2.51. The van der Waals surface area contributed by atoms with Gasteiger partial charge in [0.25, 0.3) is 0 Å². The first-order valence-corrected chi connectivity index (χ1v) is 5.19. The number of fused-ring (bicyclic) bond motifs is 1. The number of rotatable bonds is 2. The molecule has 1 aliphatic heterocycles. The highest BCUT2D eigenvalue weighted by Gasteiger charge is 2.20. The van der Waals surface area contributed by atoms with E-state index in [1.54, 1.807) is 13.1 Å². The minimum absolute atomic E-state index is 0. The summed E-state index contributed by atoms with van der Waals surface area (Å²) >= 11 is 0. The van der Waals surface area contributed by atoms with E-state index in [0.717, 1.165) is 25.2 Å². The van der Waals surface area contributed by atoms with Crippen LogP contribution in [0.2, 0.25) is 0 Å². The van der Waals surface area contributed by atoms with Crippen molar-refractivity contribution in [2.24, 2.45) is 5.73 Å². The molecule has 0 fully saturated rings. The van der Waals surface area contributed by atoms with Gasteiger partial charge in [-0.2, -0.15) is 0 Å². The van der Waals surface area contributed by atoms with Gasteiger partial charge in [0, 0.05) is 25.2 Å². The number of esters is 1. The monoisotopic (exact) mass is 281 g/mol. The van der Waals surface area contributed by atoms with Gasteiger partial charge in [0.2, 0.25) is 0 Å². The molecule has 0 saturated carbocycles. The smallest absolute Gasteiger partial charge is 0.358 e. The molecule has 1 unspecified atom stereocenters. The highest BCUT2D eigenvalue weighted by Crippen LogP contribution is 2.14. The molecule has 0 bridgehead atoms. The standard InChI is InChI=1S/C10H15N3O2.2ClH/c1-2-15-10(14)8-6-13-5-7(11)3-4-9(13)12-8;;/h6-7H,2-5,11H2,1H3;2*1H. The molecule has 0 amide bonds. The average molecular weight is 282 g/mol. The number of halogens is 2. The van der Waals surface area contributed by atoms with Gasteiger partial charge in [-0.05, 0) is 13.3 Å². The third-order valence-electron chi connectivity index (χ3n) is 2.51. The van der Waals surface area contributed by atoms with Crippen molar-refractivity contribution < 1.29 is 9.53 Å². The van der Waals surface area contributed by atoms with E-state index in [4.69, 9.17) is 10.5 Å². The van der Waals surface area contributed by atoms with Gasteiger partial charge in [-0.15, -0.1) is 24.8 Å². The molecule has 0 spiro atoms. The third kappa shape index (κ3) is 3.59. The number of carbonyl (C=O) groups is 1. The molecule has 98 valence electrons. The van der Waals surface area contributed by atoms with Crippen LogP contribution in [0.3, 0.4) is 0 Å². The van der Waals surface area contributed by atoms with Crippen molar-refractivity contribution in [2.75, 3.05) is 6.61 Å². The predicted molar refractivity (Wildman–Crippen MR) is 69.0 cm³/mol. The van der Waals surface area contributed by atoms with E-state index in [1.807, 2.05) is 4.57 Å². The molecule has 1 aromatic rings. The zero-order valence-corrected chi connectivity index (χ0v) is 11.2. The summed E-state index contributed by atoms with van der Waals surface area (Å²) in [5, 5.41) is 0. The molecule has 2 N–H and O–H groups in total. The second-order valence-electron chi connectivity index (χ2n) is 3.71. The van der Waals surface area contributed by atoms with Crippen molar-refractivity contribution in [1.82, 2.24) is 9.55 Å². The lowest BCUT2D eigenvalue weighted by Gasteiger charge is -2.19. The summed E-state index contributed by atoms with van der Waals surface area (Å²) in [6.45, 7) is 2.89. The Kier molecular flexibility index (Phi) is 6.52. The Morgan fingerprint density at radius 2 is 2.35 bits per heavy atom. The van der Waals surface area contributed by atoms with Crippen LogP contribution in [0.5, 0.6) is 0 Å². The van der Waals surface area contributed by atoms with Crippen LogP contribution in [0.4, 0.5) is 0 Å². The number of hydrogen-bond donors (Lipinski definition) is 1. The van der Waals surface area contributed by atoms with Crippen molar-refractivity contribution in [3.63, 3.8) is 0 Å². The molecule has 0 aromatic carbocycles. The lowest BCUT2D eigenvalue weighted by molar-refractivity contribution is 0.0520. The lowest BCUT2D eigenvalue weighted by Crippen LogP contribution is -2.31. The number of aryl methyl sites for hydroxylation is 1. The minimum Gasteiger partial charge on any atom is -0.461 e. The zero-order chi connectivity index (χ0) is 10.8. The number of imidazole rings is 1. The number of carbonyl (C=O) groups excluding carboxylic acids is 1. The topological polar surface area (TPSA) is 70.1 Å². The highest BCUT2D eigenvalue weighted by molar-refractivity contribution is 5.87. The zero-order valence-electron chi connectivity index (χ0n) is 9.59. The van der Waals surface area contributed by atoms with Crippen LogP contribution in [0, 0.1) is 0 Å². The molecule has 5 nitrogen and oxygen atoms in total.